The van der Waals surface area contributed by atoms with Crippen LogP contribution < -0.4 is 9.03 Å². The van der Waals surface area contributed by atoms with E-state index in [0.29, 0.717) is 31.7 Å². The molecule has 1 saturated heterocycles. The van der Waals surface area contributed by atoms with Gasteiger partial charge in [0.15, 0.2) is 0 Å². The second kappa shape index (κ2) is 6.49. The van der Waals surface area contributed by atoms with Crippen molar-refractivity contribution in [3.05, 3.63) is 29.8 Å². The number of nitrogens with zero attached hydrogens (tertiary/aromatic N) is 1. The lowest BCUT2D eigenvalue weighted by atomic mass is 9.99. The lowest BCUT2D eigenvalue weighted by molar-refractivity contribution is -0.125. The third-order valence-electron chi connectivity index (χ3n) is 4.54. The minimum Gasteiger partial charge on any atom is -0.381 e. The summed E-state index contributed by atoms with van der Waals surface area (Å²) in [7, 11) is -3.90. The van der Waals surface area contributed by atoms with Gasteiger partial charge in [0.05, 0.1) is 5.69 Å². The van der Waals surface area contributed by atoms with Crippen molar-refractivity contribution in [1.29, 1.82) is 0 Å². The molecule has 2 aliphatic rings. The van der Waals surface area contributed by atoms with E-state index < -0.39 is 16.1 Å². The van der Waals surface area contributed by atoms with Gasteiger partial charge in [-0.1, -0.05) is 18.2 Å². The van der Waals surface area contributed by atoms with Crippen molar-refractivity contribution in [3.8, 4) is 0 Å². The van der Waals surface area contributed by atoms with Gasteiger partial charge in [-0.2, -0.15) is 8.42 Å². The van der Waals surface area contributed by atoms with E-state index in [9.17, 15) is 13.2 Å². The fourth-order valence-electron chi connectivity index (χ4n) is 3.24. The number of amides is 1. The smallest absolute Gasteiger partial charge is 0.326 e. The second-order valence-corrected chi connectivity index (χ2v) is 7.72. The summed E-state index contributed by atoms with van der Waals surface area (Å²) in [5, 5.41) is 0. The first kappa shape index (κ1) is 16.3. The molecular formula is C16H22N2O4S. The summed E-state index contributed by atoms with van der Waals surface area (Å²) in [6.07, 6.45) is 2.71. The van der Waals surface area contributed by atoms with Crippen LogP contribution in [-0.4, -0.2) is 33.6 Å². The van der Waals surface area contributed by atoms with Crippen LogP contribution in [0.3, 0.4) is 0 Å². The highest BCUT2D eigenvalue weighted by Crippen LogP contribution is 2.32. The molecule has 1 fully saturated rings. The van der Waals surface area contributed by atoms with Crippen LogP contribution in [0.25, 0.3) is 0 Å². The third kappa shape index (κ3) is 3.35. The highest BCUT2D eigenvalue weighted by atomic mass is 32.2. The average Bonchev–Trinajstić information content (AvgIpc) is 2.54. The van der Waals surface area contributed by atoms with Gasteiger partial charge in [0.25, 0.3) is 0 Å². The van der Waals surface area contributed by atoms with Gasteiger partial charge >= 0.3 is 10.2 Å². The molecule has 1 aromatic rings. The fourth-order valence-corrected chi connectivity index (χ4v) is 4.78. The summed E-state index contributed by atoms with van der Waals surface area (Å²) in [4.78, 5) is 12.3. The van der Waals surface area contributed by atoms with Crippen LogP contribution in [0.1, 0.15) is 31.7 Å². The summed E-state index contributed by atoms with van der Waals surface area (Å²) in [6, 6.07) is 7.28. The standard InChI is InChI=1S/C16H22N2O4S/c1-12-6-7-13-4-2-3-5-15(13)18(12)23(20,21)17-16(19)14-8-10-22-11-9-14/h2-5,12,14H,6-11H2,1H3,(H,17,19)/t12-/m1/s1. The van der Waals surface area contributed by atoms with Crippen molar-refractivity contribution in [2.24, 2.45) is 5.92 Å². The molecule has 2 aliphatic heterocycles. The number of para-hydroxylation sites is 1. The van der Waals surface area contributed by atoms with Crippen LogP contribution in [-0.2, 0) is 26.2 Å². The molecule has 0 unspecified atom stereocenters. The van der Waals surface area contributed by atoms with Gasteiger partial charge in [-0.05, 0) is 44.2 Å². The topological polar surface area (TPSA) is 75.7 Å². The van der Waals surface area contributed by atoms with Gasteiger partial charge in [0, 0.05) is 25.2 Å². The van der Waals surface area contributed by atoms with Gasteiger partial charge in [-0.15, -0.1) is 0 Å². The first-order valence-corrected chi connectivity index (χ1v) is 9.45. The molecule has 1 amide bonds. The van der Waals surface area contributed by atoms with Gasteiger partial charge in [0.2, 0.25) is 5.91 Å². The predicted octanol–water partition coefficient (Wildman–Crippen LogP) is 1.62. The van der Waals surface area contributed by atoms with Crippen molar-refractivity contribution < 1.29 is 17.9 Å². The minimum atomic E-state index is -3.90. The summed E-state index contributed by atoms with van der Waals surface area (Å²) < 4.78 is 34.4. The maximum atomic E-state index is 12.8. The van der Waals surface area contributed by atoms with Crippen LogP contribution in [0, 0.1) is 5.92 Å². The fraction of sp³-hybridized carbons (Fsp3) is 0.562. The second-order valence-electron chi connectivity index (χ2n) is 6.17. The molecule has 0 aliphatic carbocycles. The van der Waals surface area contributed by atoms with Gasteiger partial charge < -0.3 is 4.74 Å². The van der Waals surface area contributed by atoms with Crippen molar-refractivity contribution in [2.75, 3.05) is 17.5 Å². The number of aryl methyl sites for hydroxylation is 1. The van der Waals surface area contributed by atoms with E-state index in [1.54, 1.807) is 6.07 Å². The largest absolute Gasteiger partial charge is 0.381 e. The number of ether oxygens (including phenoxy) is 1. The molecular weight excluding hydrogens is 316 g/mol. The normalized spacial score (nSPS) is 22.5. The predicted molar refractivity (Wildman–Crippen MR) is 87.3 cm³/mol. The average molecular weight is 338 g/mol. The first-order valence-electron chi connectivity index (χ1n) is 8.00. The van der Waals surface area contributed by atoms with E-state index in [1.807, 2.05) is 25.1 Å². The molecule has 0 aromatic heterocycles. The van der Waals surface area contributed by atoms with Crippen molar-refractivity contribution in [2.45, 2.75) is 38.6 Å². The Morgan fingerprint density at radius 1 is 1.22 bits per heavy atom. The number of nitrogens with one attached hydrogen (secondary N) is 1. The first-order chi connectivity index (χ1) is 11.0. The Morgan fingerprint density at radius 2 is 1.91 bits per heavy atom. The quantitative estimate of drug-likeness (QED) is 0.908. The highest BCUT2D eigenvalue weighted by Gasteiger charge is 2.35. The molecule has 7 heteroatoms. The molecule has 0 spiro atoms. The lowest BCUT2D eigenvalue weighted by Gasteiger charge is -2.36. The maximum absolute atomic E-state index is 12.8. The Morgan fingerprint density at radius 3 is 2.65 bits per heavy atom. The van der Waals surface area contributed by atoms with Gasteiger partial charge in [0.1, 0.15) is 0 Å². The number of benzene rings is 1. The number of carbonyl (C=O) groups excluding carboxylic acids is 1. The summed E-state index contributed by atoms with van der Waals surface area (Å²) in [5.74, 6) is -0.725. The van der Waals surface area contributed by atoms with Crippen LogP contribution in [0.2, 0.25) is 0 Å². The summed E-state index contributed by atoms with van der Waals surface area (Å²) >= 11 is 0. The number of carbonyl (C=O) groups is 1. The van der Waals surface area contributed by atoms with E-state index in [0.717, 1.165) is 18.4 Å². The molecule has 23 heavy (non-hydrogen) atoms. The number of rotatable bonds is 3. The zero-order valence-corrected chi connectivity index (χ0v) is 14.0. The zero-order valence-electron chi connectivity index (χ0n) is 13.2. The van der Waals surface area contributed by atoms with Crippen LogP contribution in [0.5, 0.6) is 0 Å². The van der Waals surface area contributed by atoms with E-state index >= 15 is 0 Å². The minimum absolute atomic E-state index is 0.176. The van der Waals surface area contributed by atoms with E-state index in [-0.39, 0.29) is 12.0 Å². The Bertz CT molecular complexity index is 683. The van der Waals surface area contributed by atoms with E-state index in [4.69, 9.17) is 4.74 Å². The van der Waals surface area contributed by atoms with Crippen LogP contribution in [0.4, 0.5) is 5.69 Å². The Kier molecular flexibility index (Phi) is 4.59. The Balaban J connectivity index is 1.83. The Labute approximate surface area is 137 Å². The van der Waals surface area contributed by atoms with Crippen LogP contribution in [0.15, 0.2) is 24.3 Å². The van der Waals surface area contributed by atoms with Gasteiger partial charge in [-0.25, -0.2) is 4.72 Å². The number of hydrogen-bond acceptors (Lipinski definition) is 4. The third-order valence-corrected chi connectivity index (χ3v) is 6.08. The highest BCUT2D eigenvalue weighted by molar-refractivity contribution is 7.91. The maximum Gasteiger partial charge on any atom is 0.326 e. The molecule has 2 heterocycles. The molecule has 1 N–H and O–H groups in total. The molecule has 0 radical (unpaired) electrons. The van der Waals surface area contributed by atoms with E-state index in [2.05, 4.69) is 4.72 Å². The molecule has 1 atom stereocenters. The SMILES string of the molecule is C[C@@H]1CCc2ccccc2N1S(=O)(=O)NC(=O)C1CCOCC1. The number of anilines is 1. The monoisotopic (exact) mass is 338 g/mol. The zero-order chi connectivity index (χ0) is 16.4. The molecule has 3 rings (SSSR count). The van der Waals surface area contributed by atoms with Crippen molar-refractivity contribution >= 4 is 21.8 Å². The van der Waals surface area contributed by atoms with Crippen molar-refractivity contribution in [3.63, 3.8) is 0 Å². The number of fused-ring (bicyclic) bond motifs is 1. The van der Waals surface area contributed by atoms with E-state index in [1.165, 1.54) is 4.31 Å². The summed E-state index contributed by atoms with van der Waals surface area (Å²) in [6.45, 7) is 2.87. The molecule has 6 nitrogen and oxygen atoms in total. The molecule has 1 aromatic carbocycles. The Hall–Kier alpha value is -1.60. The molecule has 126 valence electrons. The molecule has 0 bridgehead atoms. The molecule has 0 saturated carbocycles. The summed E-state index contributed by atoms with van der Waals surface area (Å²) in [5.41, 5.74) is 1.66. The van der Waals surface area contributed by atoms with Crippen molar-refractivity contribution in [1.82, 2.24) is 4.72 Å². The lowest BCUT2D eigenvalue weighted by Crippen LogP contribution is -2.51. The van der Waals surface area contributed by atoms with Crippen LogP contribution >= 0.6 is 0 Å². The number of hydrogen-bond donors (Lipinski definition) is 1. The van der Waals surface area contributed by atoms with Gasteiger partial charge in [-0.3, -0.25) is 9.10 Å².